The number of benzene rings is 2. The number of fused-ring (bicyclic) bond motifs is 1. The summed E-state index contributed by atoms with van der Waals surface area (Å²) in [6, 6.07) is 14.5. The van der Waals surface area contributed by atoms with E-state index in [1.165, 1.54) is 36.3 Å². The van der Waals surface area contributed by atoms with Gasteiger partial charge in [0.05, 0.1) is 42.5 Å². The molecule has 0 bridgehead atoms. The van der Waals surface area contributed by atoms with Crippen LogP contribution in [0.4, 0.5) is 20.7 Å². The lowest BCUT2D eigenvalue weighted by Crippen LogP contribution is -2.32. The molecule has 0 fully saturated rings. The Balaban J connectivity index is 1.72. The number of halogens is 1. The monoisotopic (exact) mass is 472 g/mol. The van der Waals surface area contributed by atoms with Gasteiger partial charge in [-0.15, -0.1) is 0 Å². The number of carbonyl (C=O) groups is 2. The summed E-state index contributed by atoms with van der Waals surface area (Å²) in [7, 11) is 1.26. The fraction of sp³-hybridized carbons (Fsp3) is 0.160. The summed E-state index contributed by atoms with van der Waals surface area (Å²) in [6.45, 7) is 2.02. The number of methoxy groups -OCH3 is 1. The van der Waals surface area contributed by atoms with Crippen molar-refractivity contribution in [3.63, 3.8) is 0 Å². The van der Waals surface area contributed by atoms with Gasteiger partial charge < -0.3 is 9.64 Å². The molecular formula is C25H21FN6O3. The molecule has 0 saturated heterocycles. The molecule has 176 valence electrons. The summed E-state index contributed by atoms with van der Waals surface area (Å²) in [4.78, 5) is 35.0. The van der Waals surface area contributed by atoms with Crippen molar-refractivity contribution in [3.05, 3.63) is 78.0 Å². The van der Waals surface area contributed by atoms with E-state index in [2.05, 4.69) is 26.1 Å². The second kappa shape index (κ2) is 10.0. The molecule has 0 atom stereocenters. The molecule has 9 nitrogen and oxygen atoms in total. The summed E-state index contributed by atoms with van der Waals surface area (Å²) in [5, 5.41) is 11.6. The van der Waals surface area contributed by atoms with Crippen LogP contribution in [-0.2, 0) is 4.74 Å². The van der Waals surface area contributed by atoms with Gasteiger partial charge in [-0.3, -0.25) is 14.7 Å². The van der Waals surface area contributed by atoms with Crippen molar-refractivity contribution >= 4 is 34.5 Å². The van der Waals surface area contributed by atoms with E-state index in [0.29, 0.717) is 33.8 Å². The lowest BCUT2D eigenvalue weighted by atomic mass is 10.1. The summed E-state index contributed by atoms with van der Waals surface area (Å²) >= 11 is 0. The fourth-order valence-electron chi connectivity index (χ4n) is 3.66. The highest BCUT2D eigenvalue weighted by Crippen LogP contribution is 2.26. The van der Waals surface area contributed by atoms with E-state index < -0.39 is 11.9 Å². The Hall–Kier alpha value is -4.78. The number of imidazole rings is 1. The Morgan fingerprint density at radius 3 is 2.60 bits per heavy atom. The molecule has 1 N–H and O–H groups in total. The second-order valence-electron chi connectivity index (χ2n) is 7.63. The lowest BCUT2D eigenvalue weighted by Gasteiger charge is -2.22. The quantitative estimate of drug-likeness (QED) is 0.439. The number of ether oxygens (including phenoxy) is 1. The molecule has 35 heavy (non-hydrogen) atoms. The molecule has 4 rings (SSSR count). The number of rotatable bonds is 6. The number of carbonyl (C=O) groups excluding carboxylic acids is 2. The van der Waals surface area contributed by atoms with Crippen molar-refractivity contribution < 1.29 is 18.7 Å². The normalized spacial score (nSPS) is 10.6. The minimum atomic E-state index is -0.626. The fourth-order valence-corrected chi connectivity index (χ4v) is 3.66. The second-order valence-corrected chi connectivity index (χ2v) is 7.63. The minimum absolute atomic E-state index is 0.125. The summed E-state index contributed by atoms with van der Waals surface area (Å²) in [6.07, 6.45) is 2.69. The zero-order chi connectivity index (χ0) is 24.9. The first-order valence-corrected chi connectivity index (χ1v) is 10.6. The first kappa shape index (κ1) is 23.4. The minimum Gasteiger partial charge on any atom is -0.453 e. The molecule has 10 heteroatoms. The molecule has 0 spiro atoms. The first-order valence-electron chi connectivity index (χ1n) is 10.6. The number of anilines is 2. The van der Waals surface area contributed by atoms with Gasteiger partial charge >= 0.3 is 6.09 Å². The first-order chi connectivity index (χ1) is 16.9. The predicted molar refractivity (Wildman–Crippen MR) is 128 cm³/mol. The van der Waals surface area contributed by atoms with Gasteiger partial charge in [-0.1, -0.05) is 0 Å². The highest BCUT2D eigenvalue weighted by atomic mass is 19.1. The average molecular weight is 472 g/mol. The molecule has 0 aliphatic carbocycles. The van der Waals surface area contributed by atoms with Gasteiger partial charge in [0.1, 0.15) is 18.0 Å². The van der Waals surface area contributed by atoms with E-state index in [0.717, 1.165) is 5.56 Å². The maximum absolute atomic E-state index is 13.5. The molecule has 0 saturated carbocycles. The predicted octanol–water partition coefficient (Wildman–Crippen LogP) is 4.61. The third kappa shape index (κ3) is 4.94. The lowest BCUT2D eigenvalue weighted by molar-refractivity contribution is 0.0987. The van der Waals surface area contributed by atoms with Crippen LogP contribution in [0.15, 0.2) is 61.1 Å². The summed E-state index contributed by atoms with van der Waals surface area (Å²) < 4.78 is 19.8. The Kier molecular flexibility index (Phi) is 6.69. The smallest absolute Gasteiger partial charge is 0.412 e. The van der Waals surface area contributed by atoms with Crippen LogP contribution in [0.1, 0.15) is 22.3 Å². The molecule has 0 unspecified atom stereocenters. The molecule has 2 aromatic heterocycles. The summed E-state index contributed by atoms with van der Waals surface area (Å²) in [5.41, 5.74) is 3.76. The SMILES string of the molecule is COC(=O)Nc1ccc(-n2cnc3c(C)cc(C(=O)N(CCC#N)c4ccc(F)cc4)cc32)cn1. The summed E-state index contributed by atoms with van der Waals surface area (Å²) in [5.74, 6) is -0.408. The van der Waals surface area contributed by atoms with Crippen LogP contribution in [-0.4, -0.2) is 40.2 Å². The van der Waals surface area contributed by atoms with Crippen molar-refractivity contribution in [2.75, 3.05) is 23.9 Å². The highest BCUT2D eigenvalue weighted by Gasteiger charge is 2.20. The van der Waals surface area contributed by atoms with Crippen LogP contribution in [0.3, 0.4) is 0 Å². The van der Waals surface area contributed by atoms with Crippen molar-refractivity contribution in [1.29, 1.82) is 5.26 Å². The van der Waals surface area contributed by atoms with E-state index in [4.69, 9.17) is 5.26 Å². The van der Waals surface area contributed by atoms with Crippen LogP contribution in [0.25, 0.3) is 16.7 Å². The Morgan fingerprint density at radius 2 is 1.94 bits per heavy atom. The number of pyridine rings is 1. The van der Waals surface area contributed by atoms with Gasteiger partial charge in [-0.25, -0.2) is 19.2 Å². The zero-order valence-corrected chi connectivity index (χ0v) is 19.0. The Morgan fingerprint density at radius 1 is 1.17 bits per heavy atom. The molecule has 0 aliphatic rings. The van der Waals surface area contributed by atoms with Crippen LogP contribution in [0, 0.1) is 24.1 Å². The van der Waals surface area contributed by atoms with Gasteiger partial charge in [0.2, 0.25) is 0 Å². The van der Waals surface area contributed by atoms with Crippen LogP contribution in [0.2, 0.25) is 0 Å². The Bertz CT molecular complexity index is 1420. The van der Waals surface area contributed by atoms with Gasteiger partial charge in [0.25, 0.3) is 5.91 Å². The molecule has 0 radical (unpaired) electrons. The number of nitrogens with one attached hydrogen (secondary N) is 1. The number of aryl methyl sites for hydroxylation is 1. The number of nitriles is 1. The van der Waals surface area contributed by atoms with Gasteiger partial charge in [0, 0.05) is 17.8 Å². The van der Waals surface area contributed by atoms with E-state index in [9.17, 15) is 14.0 Å². The van der Waals surface area contributed by atoms with E-state index in [1.54, 1.807) is 41.4 Å². The Labute approximate surface area is 200 Å². The van der Waals surface area contributed by atoms with E-state index >= 15 is 0 Å². The van der Waals surface area contributed by atoms with Gasteiger partial charge in [0.15, 0.2) is 0 Å². The molecule has 2 aromatic carbocycles. The van der Waals surface area contributed by atoms with Crippen molar-refractivity contribution in [1.82, 2.24) is 14.5 Å². The van der Waals surface area contributed by atoms with Crippen LogP contribution >= 0.6 is 0 Å². The number of hydrogen-bond donors (Lipinski definition) is 1. The third-order valence-electron chi connectivity index (χ3n) is 5.36. The molecule has 2 amide bonds. The maximum atomic E-state index is 13.5. The highest BCUT2D eigenvalue weighted by molar-refractivity contribution is 6.08. The van der Waals surface area contributed by atoms with Gasteiger partial charge in [-0.05, 0) is 61.0 Å². The number of hydrogen-bond acceptors (Lipinski definition) is 6. The topological polar surface area (TPSA) is 113 Å². The number of nitrogens with zero attached hydrogens (tertiary/aromatic N) is 5. The van der Waals surface area contributed by atoms with E-state index in [-0.39, 0.29) is 18.9 Å². The largest absolute Gasteiger partial charge is 0.453 e. The van der Waals surface area contributed by atoms with E-state index in [1.807, 2.05) is 6.92 Å². The third-order valence-corrected chi connectivity index (χ3v) is 5.36. The van der Waals surface area contributed by atoms with Crippen molar-refractivity contribution in [2.24, 2.45) is 0 Å². The van der Waals surface area contributed by atoms with Crippen molar-refractivity contribution in [3.8, 4) is 11.8 Å². The van der Waals surface area contributed by atoms with Crippen LogP contribution < -0.4 is 10.2 Å². The van der Waals surface area contributed by atoms with Crippen molar-refractivity contribution in [2.45, 2.75) is 13.3 Å². The number of aromatic nitrogens is 3. The molecular weight excluding hydrogens is 451 g/mol. The maximum Gasteiger partial charge on any atom is 0.412 e. The molecule has 0 aliphatic heterocycles. The van der Waals surface area contributed by atoms with Crippen LogP contribution in [0.5, 0.6) is 0 Å². The molecule has 2 heterocycles. The molecule has 4 aromatic rings. The zero-order valence-electron chi connectivity index (χ0n) is 19.0. The number of amides is 2. The standard InChI is InChI=1S/C25H21FN6O3/c1-16-12-17(24(33)31(11-3-10-27)19-6-4-18(26)5-7-19)13-21-23(16)29-15-32(21)20-8-9-22(28-14-20)30-25(34)35-2/h4-9,12-15H,3,11H2,1-2H3,(H,28,30,34). The average Bonchev–Trinajstić information content (AvgIpc) is 3.30. The van der Waals surface area contributed by atoms with Gasteiger partial charge in [-0.2, -0.15) is 5.26 Å².